The number of carbonyl (C=O) groups excluding carboxylic acids is 1. The van der Waals surface area contributed by atoms with Gasteiger partial charge in [0.1, 0.15) is 0 Å². The molecule has 0 radical (unpaired) electrons. The van der Waals surface area contributed by atoms with Crippen molar-refractivity contribution >= 4 is 17.3 Å². The maximum atomic E-state index is 11.8. The highest BCUT2D eigenvalue weighted by molar-refractivity contribution is 7.10. The van der Waals surface area contributed by atoms with Gasteiger partial charge in [0.2, 0.25) is 0 Å². The highest BCUT2D eigenvalue weighted by Crippen LogP contribution is 2.40. The quantitative estimate of drug-likeness (QED) is 0.736. The molecule has 2 nitrogen and oxygen atoms in total. The van der Waals surface area contributed by atoms with Gasteiger partial charge >= 0.3 is 5.97 Å². The Balaban J connectivity index is 2.33. The molecule has 1 aromatic heterocycles. The topological polar surface area (TPSA) is 26.3 Å². The second-order valence-electron chi connectivity index (χ2n) is 4.65. The van der Waals surface area contributed by atoms with Gasteiger partial charge in [-0.3, -0.25) is 0 Å². The van der Waals surface area contributed by atoms with Crippen molar-refractivity contribution in [2.45, 2.75) is 39.5 Å². The number of hydrogen-bond acceptors (Lipinski definition) is 3. The molecular weight excluding hydrogens is 220 g/mol. The van der Waals surface area contributed by atoms with Crippen LogP contribution in [0.15, 0.2) is 5.38 Å². The third-order valence-electron chi connectivity index (χ3n) is 3.19. The van der Waals surface area contributed by atoms with Gasteiger partial charge in [0.25, 0.3) is 0 Å². The van der Waals surface area contributed by atoms with Crippen molar-refractivity contribution < 1.29 is 9.53 Å². The minimum absolute atomic E-state index is 0.151. The lowest BCUT2D eigenvalue weighted by Crippen LogP contribution is -2.16. The standard InChI is InChI=1S/C13H18O2S/c1-4-15-13(14)10-7-16-11-6-8(2)5-9(3)12(10)11/h7-9H,4-6H2,1-3H3. The summed E-state index contributed by atoms with van der Waals surface area (Å²) in [5.41, 5.74) is 2.06. The van der Waals surface area contributed by atoms with E-state index in [9.17, 15) is 4.79 Å². The highest BCUT2D eigenvalue weighted by atomic mass is 32.1. The average molecular weight is 238 g/mol. The van der Waals surface area contributed by atoms with E-state index in [1.165, 1.54) is 16.9 Å². The van der Waals surface area contributed by atoms with Gasteiger partial charge in [-0.2, -0.15) is 0 Å². The molecule has 1 aromatic rings. The van der Waals surface area contributed by atoms with Crippen molar-refractivity contribution in [1.82, 2.24) is 0 Å². The van der Waals surface area contributed by atoms with Gasteiger partial charge in [-0.15, -0.1) is 11.3 Å². The fraction of sp³-hybridized carbons (Fsp3) is 0.615. The molecule has 2 unspecified atom stereocenters. The molecule has 0 bridgehead atoms. The monoisotopic (exact) mass is 238 g/mol. The van der Waals surface area contributed by atoms with Crippen LogP contribution in [-0.4, -0.2) is 12.6 Å². The molecule has 0 fully saturated rings. The maximum absolute atomic E-state index is 11.8. The summed E-state index contributed by atoms with van der Waals surface area (Å²) in [4.78, 5) is 13.2. The van der Waals surface area contributed by atoms with Crippen LogP contribution in [0.25, 0.3) is 0 Å². The van der Waals surface area contributed by atoms with Gasteiger partial charge in [-0.05, 0) is 37.2 Å². The van der Waals surface area contributed by atoms with E-state index in [-0.39, 0.29) is 5.97 Å². The fourth-order valence-electron chi connectivity index (χ4n) is 2.59. The lowest BCUT2D eigenvalue weighted by molar-refractivity contribution is 0.0524. The predicted molar refractivity (Wildman–Crippen MR) is 66.2 cm³/mol. The number of hydrogen-bond donors (Lipinski definition) is 0. The van der Waals surface area contributed by atoms with Crippen LogP contribution < -0.4 is 0 Å². The molecule has 0 saturated heterocycles. The molecular formula is C13H18O2S. The van der Waals surface area contributed by atoms with Crippen LogP contribution in [0.5, 0.6) is 0 Å². The number of rotatable bonds is 2. The molecule has 1 heterocycles. The van der Waals surface area contributed by atoms with Crippen molar-refractivity contribution in [1.29, 1.82) is 0 Å². The smallest absolute Gasteiger partial charge is 0.339 e. The molecule has 0 spiro atoms. The summed E-state index contributed by atoms with van der Waals surface area (Å²) in [6.07, 6.45) is 2.29. The third-order valence-corrected chi connectivity index (χ3v) is 4.21. The summed E-state index contributed by atoms with van der Waals surface area (Å²) in [7, 11) is 0. The zero-order valence-corrected chi connectivity index (χ0v) is 10.9. The maximum Gasteiger partial charge on any atom is 0.339 e. The van der Waals surface area contributed by atoms with Crippen molar-refractivity contribution in [3.8, 4) is 0 Å². The molecule has 0 N–H and O–H groups in total. The Morgan fingerprint density at radius 3 is 3.00 bits per heavy atom. The van der Waals surface area contributed by atoms with Crippen LogP contribution in [-0.2, 0) is 11.2 Å². The largest absolute Gasteiger partial charge is 0.462 e. The van der Waals surface area contributed by atoms with E-state index in [1.54, 1.807) is 11.3 Å². The second-order valence-corrected chi connectivity index (χ2v) is 5.62. The summed E-state index contributed by atoms with van der Waals surface area (Å²) in [6, 6.07) is 0. The van der Waals surface area contributed by atoms with Crippen LogP contribution in [0.4, 0.5) is 0 Å². The van der Waals surface area contributed by atoms with E-state index >= 15 is 0 Å². The van der Waals surface area contributed by atoms with Gasteiger partial charge in [0.15, 0.2) is 0 Å². The van der Waals surface area contributed by atoms with Gasteiger partial charge in [0.05, 0.1) is 12.2 Å². The molecule has 0 amide bonds. The minimum Gasteiger partial charge on any atom is -0.462 e. The first kappa shape index (κ1) is 11.6. The molecule has 88 valence electrons. The Morgan fingerprint density at radius 2 is 2.31 bits per heavy atom. The van der Waals surface area contributed by atoms with E-state index in [0.717, 1.165) is 17.9 Å². The van der Waals surface area contributed by atoms with Gasteiger partial charge in [-0.25, -0.2) is 4.79 Å². The number of carbonyl (C=O) groups is 1. The SMILES string of the molecule is CCOC(=O)c1csc2c1C(C)CC(C)C2. The summed E-state index contributed by atoms with van der Waals surface area (Å²) < 4.78 is 5.10. The average Bonchev–Trinajstić information content (AvgIpc) is 2.61. The Labute approximate surface area is 101 Å². The lowest BCUT2D eigenvalue weighted by atomic mass is 9.81. The van der Waals surface area contributed by atoms with Crippen LogP contribution >= 0.6 is 11.3 Å². The molecule has 1 aliphatic rings. The molecule has 0 aromatic carbocycles. The Bertz CT molecular complexity index is 395. The van der Waals surface area contributed by atoms with Crippen molar-refractivity contribution in [2.75, 3.05) is 6.61 Å². The number of fused-ring (bicyclic) bond motifs is 1. The van der Waals surface area contributed by atoms with Crippen LogP contribution in [0.1, 0.15) is 53.9 Å². The summed E-state index contributed by atoms with van der Waals surface area (Å²) in [5, 5.41) is 1.97. The predicted octanol–water partition coefficient (Wildman–Crippen LogP) is 3.61. The molecule has 2 rings (SSSR count). The van der Waals surface area contributed by atoms with E-state index in [0.29, 0.717) is 12.5 Å². The second kappa shape index (κ2) is 4.58. The first-order valence-corrected chi connectivity index (χ1v) is 6.78. The summed E-state index contributed by atoms with van der Waals surface area (Å²) in [6.45, 7) is 6.80. The summed E-state index contributed by atoms with van der Waals surface area (Å²) >= 11 is 1.71. The van der Waals surface area contributed by atoms with Crippen molar-refractivity contribution in [3.05, 3.63) is 21.4 Å². The Kier molecular flexibility index (Phi) is 3.33. The third kappa shape index (κ3) is 2.01. The van der Waals surface area contributed by atoms with Crippen LogP contribution in [0, 0.1) is 5.92 Å². The molecule has 0 saturated carbocycles. The molecule has 1 aliphatic carbocycles. The normalized spacial score (nSPS) is 23.9. The molecule has 3 heteroatoms. The van der Waals surface area contributed by atoms with Gasteiger partial charge in [0, 0.05) is 10.3 Å². The number of esters is 1. The Morgan fingerprint density at radius 1 is 1.56 bits per heavy atom. The van der Waals surface area contributed by atoms with E-state index in [1.807, 2.05) is 12.3 Å². The lowest BCUT2D eigenvalue weighted by Gasteiger charge is -2.25. The van der Waals surface area contributed by atoms with E-state index in [2.05, 4.69) is 13.8 Å². The zero-order valence-electron chi connectivity index (χ0n) is 10.1. The van der Waals surface area contributed by atoms with E-state index < -0.39 is 0 Å². The van der Waals surface area contributed by atoms with E-state index in [4.69, 9.17) is 4.74 Å². The molecule has 0 aliphatic heterocycles. The molecule has 16 heavy (non-hydrogen) atoms. The van der Waals surface area contributed by atoms with Gasteiger partial charge < -0.3 is 4.74 Å². The number of ether oxygens (including phenoxy) is 1. The van der Waals surface area contributed by atoms with Crippen LogP contribution in [0.3, 0.4) is 0 Å². The minimum atomic E-state index is -0.151. The summed E-state index contributed by atoms with van der Waals surface area (Å²) in [5.74, 6) is 1.07. The molecule has 2 atom stereocenters. The van der Waals surface area contributed by atoms with Crippen LogP contribution in [0.2, 0.25) is 0 Å². The first-order chi connectivity index (χ1) is 7.63. The zero-order chi connectivity index (χ0) is 11.7. The number of thiophene rings is 1. The Hall–Kier alpha value is -0.830. The van der Waals surface area contributed by atoms with Crippen molar-refractivity contribution in [3.63, 3.8) is 0 Å². The highest BCUT2D eigenvalue weighted by Gasteiger charge is 2.28. The van der Waals surface area contributed by atoms with Crippen molar-refractivity contribution in [2.24, 2.45) is 5.92 Å². The van der Waals surface area contributed by atoms with Gasteiger partial charge in [-0.1, -0.05) is 13.8 Å². The first-order valence-electron chi connectivity index (χ1n) is 5.90. The fourth-order valence-corrected chi connectivity index (χ4v) is 3.90.